The molecule has 6 rings (SSSR count). The summed E-state index contributed by atoms with van der Waals surface area (Å²) in [4.78, 5) is 18.1. The number of aryl methyl sites for hydroxylation is 3. The predicted molar refractivity (Wildman–Crippen MR) is 139 cm³/mol. The zero-order valence-electron chi connectivity index (χ0n) is 20.2. The average Bonchev–Trinajstić information content (AvgIpc) is 3.44. The fraction of sp³-hybridized carbons (Fsp3) is 0.148. The van der Waals surface area contributed by atoms with Crippen LogP contribution in [0.4, 0.5) is 11.5 Å². The van der Waals surface area contributed by atoms with Crippen molar-refractivity contribution in [1.82, 2.24) is 33.9 Å². The number of hydrogen-bond donors (Lipinski definition) is 1. The molecule has 9 nitrogen and oxygen atoms in total. The molecule has 6 aromatic rings. The molecule has 0 aliphatic carbocycles. The highest BCUT2D eigenvalue weighted by Gasteiger charge is 2.22. The van der Waals surface area contributed by atoms with Gasteiger partial charge in [-0.3, -0.25) is 14.3 Å². The summed E-state index contributed by atoms with van der Waals surface area (Å²) in [5, 5.41) is 17.1. The molecular weight excluding hydrogens is 452 g/mol. The lowest BCUT2D eigenvalue weighted by molar-refractivity contribution is 0.699. The van der Waals surface area contributed by atoms with Crippen molar-refractivity contribution in [3.8, 4) is 11.3 Å². The van der Waals surface area contributed by atoms with Crippen molar-refractivity contribution < 1.29 is 0 Å². The molecule has 4 heterocycles. The molecule has 0 saturated carbocycles. The van der Waals surface area contributed by atoms with Gasteiger partial charge in [0.25, 0.3) is 5.56 Å². The van der Waals surface area contributed by atoms with Gasteiger partial charge in [0, 0.05) is 24.0 Å². The van der Waals surface area contributed by atoms with Crippen molar-refractivity contribution >= 4 is 28.3 Å². The number of fused-ring (bicyclic) bond motifs is 3. The maximum Gasteiger partial charge on any atom is 0.268 e. The van der Waals surface area contributed by atoms with E-state index in [1.165, 1.54) is 4.57 Å². The molecule has 0 bridgehead atoms. The second-order valence-electron chi connectivity index (χ2n) is 8.80. The Bertz CT molecular complexity index is 1780. The molecule has 0 unspecified atom stereocenters. The number of para-hydroxylation sites is 1. The van der Waals surface area contributed by atoms with Gasteiger partial charge in [0.05, 0.1) is 12.2 Å². The molecule has 9 heteroatoms. The first-order chi connectivity index (χ1) is 17.5. The summed E-state index contributed by atoms with van der Waals surface area (Å²) >= 11 is 0. The Kier molecular flexibility index (Phi) is 5.10. The summed E-state index contributed by atoms with van der Waals surface area (Å²) in [5.41, 5.74) is 5.21. The summed E-state index contributed by atoms with van der Waals surface area (Å²) < 4.78 is 5.15. The van der Waals surface area contributed by atoms with Crippen LogP contribution in [-0.2, 0) is 13.6 Å². The van der Waals surface area contributed by atoms with E-state index < -0.39 is 0 Å². The van der Waals surface area contributed by atoms with Crippen molar-refractivity contribution in [3.05, 3.63) is 100 Å². The summed E-state index contributed by atoms with van der Waals surface area (Å²) in [7, 11) is 1.70. The molecule has 178 valence electrons. The average molecular weight is 477 g/mol. The first-order valence-electron chi connectivity index (χ1n) is 11.7. The van der Waals surface area contributed by atoms with Crippen LogP contribution in [0, 0.1) is 13.8 Å². The third kappa shape index (κ3) is 3.61. The lowest BCUT2D eigenvalue weighted by atomic mass is 10.1. The number of aromatic nitrogens is 7. The van der Waals surface area contributed by atoms with Crippen LogP contribution in [-0.4, -0.2) is 33.9 Å². The molecule has 0 amide bonds. The summed E-state index contributed by atoms with van der Waals surface area (Å²) in [5.74, 6) is 1.74. The van der Waals surface area contributed by atoms with Crippen LogP contribution >= 0.6 is 0 Å². The van der Waals surface area contributed by atoms with Gasteiger partial charge in [0.15, 0.2) is 5.65 Å². The molecule has 0 spiro atoms. The highest BCUT2D eigenvalue weighted by molar-refractivity contribution is 5.90. The van der Waals surface area contributed by atoms with E-state index in [9.17, 15) is 4.79 Å². The number of hydrogen-bond acceptors (Lipinski definition) is 6. The Morgan fingerprint density at radius 2 is 1.67 bits per heavy atom. The zero-order chi connectivity index (χ0) is 24.8. The summed E-state index contributed by atoms with van der Waals surface area (Å²) in [6, 6.07) is 24.0. The lowest BCUT2D eigenvalue weighted by Gasteiger charge is -2.11. The predicted octanol–water partition coefficient (Wildman–Crippen LogP) is 4.25. The van der Waals surface area contributed by atoms with Crippen LogP contribution < -0.4 is 10.9 Å². The summed E-state index contributed by atoms with van der Waals surface area (Å²) in [6.07, 6.45) is 0. The highest BCUT2D eigenvalue weighted by Crippen LogP contribution is 2.27. The van der Waals surface area contributed by atoms with E-state index in [0.29, 0.717) is 35.0 Å². The van der Waals surface area contributed by atoms with Gasteiger partial charge >= 0.3 is 0 Å². The maximum atomic E-state index is 13.4. The second kappa shape index (κ2) is 8.46. The molecule has 0 atom stereocenters. The standard InChI is InChI=1S/C27H24N8O/c1-17-8-7-11-22(28-17)20-14-12-19(13-15-20)16-34-24(29-21-9-5-4-6-10-21)23-25(32-34)35-18(2)30-31-27(35)33(3)26(23)36/h4-15,29H,16H2,1-3H3. The third-order valence-corrected chi connectivity index (χ3v) is 6.28. The van der Waals surface area contributed by atoms with Crippen LogP contribution in [0.25, 0.3) is 28.1 Å². The quantitative estimate of drug-likeness (QED) is 0.400. The fourth-order valence-electron chi connectivity index (χ4n) is 4.43. The first kappa shape index (κ1) is 21.7. The van der Waals surface area contributed by atoms with E-state index in [0.717, 1.165) is 28.2 Å². The molecule has 0 fully saturated rings. The van der Waals surface area contributed by atoms with Gasteiger partial charge in [-0.15, -0.1) is 10.2 Å². The smallest absolute Gasteiger partial charge is 0.268 e. The number of benzene rings is 2. The molecule has 0 radical (unpaired) electrons. The van der Waals surface area contributed by atoms with Crippen LogP contribution in [0.2, 0.25) is 0 Å². The van der Waals surface area contributed by atoms with Gasteiger partial charge in [-0.05, 0) is 43.7 Å². The molecular formula is C27H24N8O. The first-order valence-corrected chi connectivity index (χ1v) is 11.7. The second-order valence-corrected chi connectivity index (χ2v) is 8.80. The molecule has 4 aromatic heterocycles. The Morgan fingerprint density at radius 3 is 2.42 bits per heavy atom. The number of pyridine rings is 1. The molecule has 2 aromatic carbocycles. The highest BCUT2D eigenvalue weighted by atomic mass is 16.1. The zero-order valence-corrected chi connectivity index (χ0v) is 20.2. The Hall–Kier alpha value is -4.79. The van der Waals surface area contributed by atoms with Gasteiger partial charge in [-0.1, -0.05) is 48.5 Å². The van der Waals surface area contributed by atoms with E-state index in [2.05, 4.69) is 44.8 Å². The third-order valence-electron chi connectivity index (χ3n) is 6.28. The van der Waals surface area contributed by atoms with Crippen molar-refractivity contribution in [2.75, 3.05) is 5.32 Å². The van der Waals surface area contributed by atoms with Crippen molar-refractivity contribution in [2.45, 2.75) is 20.4 Å². The van der Waals surface area contributed by atoms with Gasteiger partial charge in [-0.2, -0.15) is 5.10 Å². The van der Waals surface area contributed by atoms with Gasteiger partial charge in [0.1, 0.15) is 17.0 Å². The SMILES string of the molecule is Cc1cccc(-c2ccc(Cn3nc4c(c3Nc3ccccc3)c(=O)n(C)c3nnc(C)n43)cc2)n1. The molecule has 1 N–H and O–H groups in total. The minimum atomic E-state index is -0.185. The normalized spacial score (nSPS) is 11.4. The van der Waals surface area contributed by atoms with Crippen LogP contribution in [0.15, 0.2) is 77.6 Å². The minimum Gasteiger partial charge on any atom is -0.340 e. The molecule has 0 saturated heterocycles. The minimum absolute atomic E-state index is 0.185. The Morgan fingerprint density at radius 1 is 0.889 bits per heavy atom. The van der Waals surface area contributed by atoms with E-state index in [-0.39, 0.29) is 5.56 Å². The van der Waals surface area contributed by atoms with Crippen molar-refractivity contribution in [3.63, 3.8) is 0 Å². The topological polar surface area (TPSA) is 94.9 Å². The van der Waals surface area contributed by atoms with E-state index in [1.54, 1.807) is 7.05 Å². The lowest BCUT2D eigenvalue weighted by Crippen LogP contribution is -2.20. The van der Waals surface area contributed by atoms with E-state index in [1.807, 2.05) is 71.5 Å². The maximum absolute atomic E-state index is 13.4. The number of nitrogens with one attached hydrogen (secondary N) is 1. The van der Waals surface area contributed by atoms with E-state index >= 15 is 0 Å². The monoisotopic (exact) mass is 476 g/mol. The summed E-state index contributed by atoms with van der Waals surface area (Å²) in [6.45, 7) is 4.31. The van der Waals surface area contributed by atoms with Gasteiger partial charge < -0.3 is 5.32 Å². The number of rotatable bonds is 5. The number of anilines is 2. The number of nitrogens with zero attached hydrogens (tertiary/aromatic N) is 7. The molecule has 0 aliphatic heterocycles. The van der Waals surface area contributed by atoms with Gasteiger partial charge in [0.2, 0.25) is 5.78 Å². The van der Waals surface area contributed by atoms with E-state index in [4.69, 9.17) is 5.10 Å². The van der Waals surface area contributed by atoms with Crippen LogP contribution in [0.1, 0.15) is 17.1 Å². The molecule has 36 heavy (non-hydrogen) atoms. The Labute approximate surface area is 206 Å². The Balaban J connectivity index is 1.48. The van der Waals surface area contributed by atoms with Gasteiger partial charge in [-0.25, -0.2) is 9.08 Å². The van der Waals surface area contributed by atoms with Crippen LogP contribution in [0.3, 0.4) is 0 Å². The fourth-order valence-corrected chi connectivity index (χ4v) is 4.43. The largest absolute Gasteiger partial charge is 0.340 e. The van der Waals surface area contributed by atoms with Crippen molar-refractivity contribution in [2.24, 2.45) is 7.05 Å². The van der Waals surface area contributed by atoms with Crippen LogP contribution in [0.5, 0.6) is 0 Å². The van der Waals surface area contributed by atoms with Crippen molar-refractivity contribution in [1.29, 1.82) is 0 Å². The molecule has 0 aliphatic rings.